The summed E-state index contributed by atoms with van der Waals surface area (Å²) in [6.07, 6.45) is -4.43. The van der Waals surface area contributed by atoms with Crippen LogP contribution in [0.15, 0.2) is 6.33 Å². The van der Waals surface area contributed by atoms with E-state index < -0.39 is 46.8 Å². The van der Waals surface area contributed by atoms with Crippen molar-refractivity contribution in [1.29, 1.82) is 0 Å². The standard InChI is InChI=1S/C10H15N5O10P2S/c11-10-13-7-4(8(28)14-10)12-2-15(7)9-6(17)5(16)3(24-9)1-23-27(21,22)25-26(18,19)20/h2-3,5-6,9,16-17H,1H2,(H,21,22)(H2,18,19,20)(H3,11,13,14,28)/t3-,5+,6+,9-/m0/s1. The predicted molar refractivity (Wildman–Crippen MR) is 92.0 cm³/mol. The van der Waals surface area contributed by atoms with Crippen LogP contribution in [0.4, 0.5) is 5.95 Å². The quantitative estimate of drug-likeness (QED) is 0.201. The van der Waals surface area contributed by atoms with Crippen molar-refractivity contribution in [1.82, 2.24) is 19.5 Å². The number of aliphatic hydroxyl groups excluding tert-OH is 2. The molecule has 1 saturated heterocycles. The summed E-state index contributed by atoms with van der Waals surface area (Å²) in [5.41, 5.74) is 6.10. The Kier molecular flexibility index (Phi) is 5.75. The molecule has 0 amide bonds. The smallest absolute Gasteiger partial charge is 0.387 e. The largest absolute Gasteiger partial charge is 0.481 e. The highest BCUT2D eigenvalue weighted by Gasteiger charge is 2.45. The van der Waals surface area contributed by atoms with Crippen molar-refractivity contribution in [3.63, 3.8) is 0 Å². The van der Waals surface area contributed by atoms with E-state index in [0.29, 0.717) is 0 Å². The van der Waals surface area contributed by atoms with Crippen molar-refractivity contribution in [2.45, 2.75) is 24.5 Å². The number of H-pyrrole nitrogens is 1. The third-order valence-corrected chi connectivity index (χ3v) is 6.12. The first-order chi connectivity index (χ1) is 12.9. The maximum atomic E-state index is 11.5. The SMILES string of the molecule is Nc1nc(=S)c2ncn([C@H]3O[C@@H](COP(=O)(O)OP(=O)(O)O)[C@@H](O)[C@H]3O)c2[nH]1. The lowest BCUT2D eigenvalue weighted by atomic mass is 10.1. The number of anilines is 1. The molecule has 8 N–H and O–H groups in total. The third-order valence-electron chi connectivity index (χ3n) is 3.69. The molecule has 1 unspecified atom stereocenters. The monoisotopic (exact) mass is 459 g/mol. The fourth-order valence-corrected chi connectivity index (χ4v) is 4.42. The number of ether oxygens (including phenoxy) is 1. The summed E-state index contributed by atoms with van der Waals surface area (Å²) < 4.78 is 37.0. The van der Waals surface area contributed by atoms with Crippen LogP contribution in [0.2, 0.25) is 0 Å². The normalized spacial score (nSPS) is 27.9. The first-order valence-corrected chi connectivity index (χ1v) is 10.8. The topological polar surface area (TPSA) is 235 Å². The fourth-order valence-electron chi connectivity index (χ4n) is 2.57. The first kappa shape index (κ1) is 21.4. The molecule has 1 aliphatic rings. The molecule has 2 aromatic rings. The van der Waals surface area contributed by atoms with Crippen molar-refractivity contribution in [2.24, 2.45) is 0 Å². The molecule has 0 saturated carbocycles. The van der Waals surface area contributed by atoms with E-state index in [1.807, 2.05) is 0 Å². The van der Waals surface area contributed by atoms with E-state index >= 15 is 0 Å². The number of imidazole rings is 1. The predicted octanol–water partition coefficient (Wildman–Crippen LogP) is -1.08. The van der Waals surface area contributed by atoms with Crippen molar-refractivity contribution < 1.29 is 47.6 Å². The molecule has 1 aliphatic heterocycles. The van der Waals surface area contributed by atoms with Gasteiger partial charge >= 0.3 is 15.6 Å². The number of nitrogens with zero attached hydrogens (tertiary/aromatic N) is 3. The zero-order valence-corrected chi connectivity index (χ0v) is 16.2. The van der Waals surface area contributed by atoms with Crippen molar-refractivity contribution in [3.05, 3.63) is 11.0 Å². The molecule has 3 rings (SSSR count). The number of nitrogens with one attached hydrogen (secondary N) is 1. The minimum atomic E-state index is -5.30. The lowest BCUT2D eigenvalue weighted by molar-refractivity contribution is -0.0503. The Bertz CT molecular complexity index is 1040. The van der Waals surface area contributed by atoms with E-state index in [4.69, 9.17) is 32.5 Å². The van der Waals surface area contributed by atoms with Crippen LogP contribution in [-0.4, -0.2) is 69.3 Å². The number of hydrogen-bond donors (Lipinski definition) is 7. The summed E-state index contributed by atoms with van der Waals surface area (Å²) in [4.78, 5) is 37.0. The molecule has 0 bridgehead atoms. The minimum Gasteiger partial charge on any atom is -0.387 e. The van der Waals surface area contributed by atoms with E-state index in [1.165, 1.54) is 10.9 Å². The average molecular weight is 459 g/mol. The van der Waals surface area contributed by atoms with Crippen molar-refractivity contribution >= 4 is 45.0 Å². The molecule has 0 aliphatic carbocycles. The molecule has 2 aromatic heterocycles. The van der Waals surface area contributed by atoms with E-state index in [1.54, 1.807) is 0 Å². The van der Waals surface area contributed by atoms with Gasteiger partial charge in [0, 0.05) is 0 Å². The van der Waals surface area contributed by atoms with E-state index in [2.05, 4.69) is 23.8 Å². The molecule has 18 heteroatoms. The van der Waals surface area contributed by atoms with Gasteiger partial charge in [-0.3, -0.25) is 9.09 Å². The number of rotatable bonds is 6. The third kappa shape index (κ3) is 4.48. The number of nitrogens with two attached hydrogens (primary N) is 1. The van der Waals surface area contributed by atoms with Crippen molar-refractivity contribution in [3.8, 4) is 0 Å². The van der Waals surface area contributed by atoms with Gasteiger partial charge in [-0.25, -0.2) is 19.1 Å². The van der Waals surface area contributed by atoms with Crippen LogP contribution < -0.4 is 5.73 Å². The Balaban J connectivity index is 1.79. The number of phosphoric ester groups is 1. The zero-order chi connectivity index (χ0) is 20.9. The summed E-state index contributed by atoms with van der Waals surface area (Å²) in [6.45, 7) is -0.825. The summed E-state index contributed by atoms with van der Waals surface area (Å²) >= 11 is 5.03. The second-order valence-electron chi connectivity index (χ2n) is 5.66. The van der Waals surface area contributed by atoms with Gasteiger partial charge in [-0.1, -0.05) is 12.2 Å². The fraction of sp³-hybridized carbons (Fsp3) is 0.500. The molecule has 15 nitrogen and oxygen atoms in total. The molecule has 0 radical (unpaired) electrons. The lowest BCUT2D eigenvalue weighted by Crippen LogP contribution is -2.33. The second-order valence-corrected chi connectivity index (χ2v) is 8.88. The summed E-state index contributed by atoms with van der Waals surface area (Å²) in [7, 11) is -10.4. The molecule has 1 fully saturated rings. The molecule has 156 valence electrons. The Morgan fingerprint density at radius 1 is 1.32 bits per heavy atom. The minimum absolute atomic E-state index is 0.0250. The molecule has 0 aromatic carbocycles. The van der Waals surface area contributed by atoms with Crippen molar-refractivity contribution in [2.75, 3.05) is 12.3 Å². The summed E-state index contributed by atoms with van der Waals surface area (Å²) in [5.74, 6) is -0.0250. The van der Waals surface area contributed by atoms with E-state index in [-0.39, 0.29) is 21.8 Å². The van der Waals surface area contributed by atoms with Gasteiger partial charge in [0.1, 0.15) is 29.5 Å². The molecule has 3 heterocycles. The second kappa shape index (κ2) is 7.51. The van der Waals surface area contributed by atoms with Crippen LogP contribution in [0.25, 0.3) is 11.2 Å². The van der Waals surface area contributed by atoms with Gasteiger partial charge in [0.2, 0.25) is 0 Å². The summed E-state index contributed by atoms with van der Waals surface area (Å²) in [6, 6.07) is 0. The first-order valence-electron chi connectivity index (χ1n) is 7.36. The van der Waals surface area contributed by atoms with Crippen LogP contribution in [0.3, 0.4) is 0 Å². The van der Waals surface area contributed by atoms with Gasteiger partial charge in [-0.05, 0) is 0 Å². The van der Waals surface area contributed by atoms with Gasteiger partial charge in [-0.2, -0.15) is 4.31 Å². The van der Waals surface area contributed by atoms with Gasteiger partial charge in [-0.15, -0.1) is 0 Å². The number of aromatic amines is 1. The number of fused-ring (bicyclic) bond motifs is 1. The van der Waals surface area contributed by atoms with Gasteiger partial charge in [0.05, 0.1) is 12.9 Å². The molecule has 28 heavy (non-hydrogen) atoms. The number of nitrogen functional groups attached to an aromatic ring is 1. The summed E-state index contributed by atoms with van der Waals surface area (Å²) in [5, 5.41) is 20.4. The van der Waals surface area contributed by atoms with Crippen LogP contribution in [0.5, 0.6) is 0 Å². The van der Waals surface area contributed by atoms with Gasteiger partial charge in [0.25, 0.3) is 0 Å². The maximum Gasteiger partial charge on any atom is 0.481 e. The Morgan fingerprint density at radius 3 is 2.64 bits per heavy atom. The van der Waals surface area contributed by atoms with Gasteiger partial charge < -0.3 is 40.3 Å². The highest BCUT2D eigenvalue weighted by Crippen LogP contribution is 2.57. The highest BCUT2D eigenvalue weighted by atomic mass is 32.1. The maximum absolute atomic E-state index is 11.5. The van der Waals surface area contributed by atoms with Crippen LogP contribution in [0.1, 0.15) is 6.23 Å². The number of phosphoric acid groups is 2. The zero-order valence-electron chi connectivity index (χ0n) is 13.6. The van der Waals surface area contributed by atoms with E-state index in [9.17, 15) is 24.2 Å². The van der Waals surface area contributed by atoms with E-state index in [0.717, 1.165) is 0 Å². The lowest BCUT2D eigenvalue weighted by Gasteiger charge is -2.17. The van der Waals surface area contributed by atoms with Crippen LogP contribution >= 0.6 is 27.9 Å². The molecule has 5 atom stereocenters. The molecular weight excluding hydrogens is 444 g/mol. The Labute approximate surface area is 160 Å². The van der Waals surface area contributed by atoms with Crippen LogP contribution in [0, 0.1) is 4.64 Å². The number of aliphatic hydroxyl groups is 2. The molecule has 0 spiro atoms. The Hall–Kier alpha value is -1.29. The Morgan fingerprint density at radius 2 is 2.00 bits per heavy atom. The highest BCUT2D eigenvalue weighted by molar-refractivity contribution is 7.71. The van der Waals surface area contributed by atoms with Gasteiger partial charge in [0.15, 0.2) is 16.8 Å². The average Bonchev–Trinajstić information content (AvgIpc) is 3.06. The molecular formula is C10H15N5O10P2S. The van der Waals surface area contributed by atoms with Crippen LogP contribution in [-0.2, 0) is 22.7 Å². The number of aromatic nitrogens is 4. The number of hydrogen-bond acceptors (Lipinski definition) is 11.